The molecule has 0 saturated heterocycles. The maximum atomic E-state index is 5.88. The summed E-state index contributed by atoms with van der Waals surface area (Å²) in [6.07, 6.45) is 1.47. The fraction of sp³-hybridized carbons (Fsp3) is 0.286. The van der Waals surface area contributed by atoms with Crippen molar-refractivity contribution in [3.05, 3.63) is 40.8 Å². The summed E-state index contributed by atoms with van der Waals surface area (Å²) >= 11 is 5.88. The maximum Gasteiger partial charge on any atom is 0.133 e. The lowest BCUT2D eigenvalue weighted by Gasteiger charge is -2.12. The summed E-state index contributed by atoms with van der Waals surface area (Å²) in [4.78, 5) is 8.12. The van der Waals surface area contributed by atoms with Gasteiger partial charge in [0.2, 0.25) is 0 Å². The zero-order valence-electron chi connectivity index (χ0n) is 10.7. The highest BCUT2D eigenvalue weighted by atomic mass is 35.5. The molecule has 0 saturated carbocycles. The van der Waals surface area contributed by atoms with E-state index in [2.05, 4.69) is 22.1 Å². The van der Waals surface area contributed by atoms with Gasteiger partial charge in [0.1, 0.15) is 17.2 Å². The van der Waals surface area contributed by atoms with Crippen LogP contribution >= 0.6 is 11.6 Å². The minimum absolute atomic E-state index is 0.448. The minimum Gasteiger partial charge on any atom is -0.493 e. The molecule has 0 unspecified atom stereocenters. The van der Waals surface area contributed by atoms with Crippen molar-refractivity contribution < 1.29 is 4.74 Å². The van der Waals surface area contributed by atoms with Crippen molar-refractivity contribution in [2.24, 2.45) is 0 Å². The van der Waals surface area contributed by atoms with Crippen LogP contribution in [0.15, 0.2) is 24.5 Å². The van der Waals surface area contributed by atoms with Crippen LogP contribution in [0.4, 0.5) is 0 Å². The molecule has 0 aliphatic rings. The Morgan fingerprint density at radius 3 is 2.33 bits per heavy atom. The highest BCUT2D eigenvalue weighted by molar-refractivity contribution is 6.29. The molecule has 18 heavy (non-hydrogen) atoms. The quantitative estimate of drug-likeness (QED) is 0.789. The Balaban J connectivity index is 2.48. The van der Waals surface area contributed by atoms with Gasteiger partial charge in [0, 0.05) is 11.6 Å². The molecular formula is C14H15ClN2O. The van der Waals surface area contributed by atoms with Gasteiger partial charge in [-0.2, -0.15) is 0 Å². The van der Waals surface area contributed by atoms with E-state index in [0.717, 1.165) is 28.1 Å². The van der Waals surface area contributed by atoms with Crippen LogP contribution in [0, 0.1) is 13.8 Å². The minimum atomic E-state index is 0.448. The van der Waals surface area contributed by atoms with Crippen molar-refractivity contribution in [3.63, 3.8) is 0 Å². The van der Waals surface area contributed by atoms with E-state index in [9.17, 15) is 0 Å². The van der Waals surface area contributed by atoms with Gasteiger partial charge in [0.15, 0.2) is 0 Å². The van der Waals surface area contributed by atoms with Crippen molar-refractivity contribution in [1.82, 2.24) is 9.97 Å². The third-order valence-electron chi connectivity index (χ3n) is 2.68. The molecule has 0 spiro atoms. The lowest BCUT2D eigenvalue weighted by Crippen LogP contribution is -1.97. The Bertz CT molecular complexity index is 546. The van der Waals surface area contributed by atoms with Crippen LogP contribution in [0.2, 0.25) is 5.15 Å². The van der Waals surface area contributed by atoms with Gasteiger partial charge in [-0.15, -0.1) is 0 Å². The van der Waals surface area contributed by atoms with Crippen LogP contribution in [0.3, 0.4) is 0 Å². The van der Waals surface area contributed by atoms with E-state index in [0.29, 0.717) is 11.8 Å². The van der Waals surface area contributed by atoms with Gasteiger partial charge in [0.25, 0.3) is 0 Å². The number of aromatic nitrogens is 2. The Morgan fingerprint density at radius 1 is 1.11 bits per heavy atom. The zero-order valence-corrected chi connectivity index (χ0v) is 11.5. The summed E-state index contributed by atoms with van der Waals surface area (Å²) in [5.74, 6) is 0.946. The molecule has 1 aromatic carbocycles. The van der Waals surface area contributed by atoms with Gasteiger partial charge in [-0.3, -0.25) is 0 Å². The molecule has 0 atom stereocenters. The van der Waals surface area contributed by atoms with Gasteiger partial charge in [-0.05, 0) is 44.0 Å². The van der Waals surface area contributed by atoms with Crippen molar-refractivity contribution in [3.8, 4) is 17.0 Å². The number of aryl methyl sites for hydroxylation is 2. The molecule has 94 valence electrons. The molecular weight excluding hydrogens is 248 g/mol. The van der Waals surface area contributed by atoms with E-state index in [1.54, 1.807) is 6.07 Å². The fourth-order valence-electron chi connectivity index (χ4n) is 1.96. The van der Waals surface area contributed by atoms with Crippen LogP contribution in [-0.4, -0.2) is 16.6 Å². The lowest BCUT2D eigenvalue weighted by molar-refractivity contribution is 0.335. The van der Waals surface area contributed by atoms with Gasteiger partial charge < -0.3 is 4.74 Å². The molecule has 1 heterocycles. The Kier molecular flexibility index (Phi) is 3.82. The van der Waals surface area contributed by atoms with Crippen molar-refractivity contribution in [1.29, 1.82) is 0 Å². The number of nitrogens with zero attached hydrogens (tertiary/aromatic N) is 2. The second kappa shape index (κ2) is 5.36. The molecule has 0 bridgehead atoms. The largest absolute Gasteiger partial charge is 0.493 e. The van der Waals surface area contributed by atoms with Crippen LogP contribution in [0.1, 0.15) is 18.1 Å². The van der Waals surface area contributed by atoms with Gasteiger partial charge >= 0.3 is 0 Å². The second-order valence-electron chi connectivity index (χ2n) is 4.10. The number of halogens is 1. The molecule has 2 rings (SSSR count). The van der Waals surface area contributed by atoms with E-state index in [4.69, 9.17) is 16.3 Å². The second-order valence-corrected chi connectivity index (χ2v) is 4.49. The fourth-order valence-corrected chi connectivity index (χ4v) is 2.11. The normalized spacial score (nSPS) is 10.4. The summed E-state index contributed by atoms with van der Waals surface area (Å²) in [6, 6.07) is 5.86. The standard InChI is InChI=1S/C14H15ClN2O/c1-4-18-14-9(2)5-11(6-10(14)3)12-7-13(15)17-8-16-12/h5-8H,4H2,1-3H3. The van der Waals surface area contributed by atoms with E-state index in [1.165, 1.54) is 6.33 Å². The molecule has 0 amide bonds. The number of hydrogen-bond acceptors (Lipinski definition) is 3. The summed E-state index contributed by atoms with van der Waals surface area (Å²) in [7, 11) is 0. The average Bonchev–Trinajstić information content (AvgIpc) is 2.33. The number of rotatable bonds is 3. The first-order valence-electron chi connectivity index (χ1n) is 5.83. The average molecular weight is 263 g/mol. The number of benzene rings is 1. The van der Waals surface area contributed by atoms with Gasteiger partial charge in [0.05, 0.1) is 12.3 Å². The Hall–Kier alpha value is -1.61. The summed E-state index contributed by atoms with van der Waals surface area (Å²) in [5, 5.41) is 0.448. The molecule has 0 N–H and O–H groups in total. The molecule has 1 aromatic heterocycles. The third kappa shape index (κ3) is 2.62. The van der Waals surface area contributed by atoms with E-state index in [1.807, 2.05) is 20.8 Å². The summed E-state index contributed by atoms with van der Waals surface area (Å²) in [5.41, 5.74) is 4.05. The first kappa shape index (κ1) is 12.8. The molecule has 0 fully saturated rings. The predicted octanol–water partition coefficient (Wildman–Crippen LogP) is 3.81. The van der Waals surface area contributed by atoms with Gasteiger partial charge in [-0.25, -0.2) is 9.97 Å². The predicted molar refractivity (Wildman–Crippen MR) is 73.1 cm³/mol. The van der Waals surface area contributed by atoms with Crippen molar-refractivity contribution >= 4 is 11.6 Å². The highest BCUT2D eigenvalue weighted by Gasteiger charge is 2.08. The molecule has 2 aromatic rings. The topological polar surface area (TPSA) is 35.0 Å². The molecule has 4 heteroatoms. The highest BCUT2D eigenvalue weighted by Crippen LogP contribution is 2.29. The van der Waals surface area contributed by atoms with Crippen LogP contribution in [0.25, 0.3) is 11.3 Å². The Morgan fingerprint density at radius 2 is 1.78 bits per heavy atom. The van der Waals surface area contributed by atoms with E-state index in [-0.39, 0.29) is 0 Å². The van der Waals surface area contributed by atoms with Crippen LogP contribution < -0.4 is 4.74 Å². The van der Waals surface area contributed by atoms with Crippen LogP contribution in [-0.2, 0) is 0 Å². The maximum absolute atomic E-state index is 5.88. The van der Waals surface area contributed by atoms with Crippen LogP contribution in [0.5, 0.6) is 5.75 Å². The van der Waals surface area contributed by atoms with Crippen molar-refractivity contribution in [2.75, 3.05) is 6.61 Å². The van der Waals surface area contributed by atoms with Gasteiger partial charge in [-0.1, -0.05) is 11.6 Å². The number of ether oxygens (including phenoxy) is 1. The van der Waals surface area contributed by atoms with Crippen molar-refractivity contribution in [2.45, 2.75) is 20.8 Å². The molecule has 3 nitrogen and oxygen atoms in total. The Labute approximate surface area is 112 Å². The first-order valence-corrected chi connectivity index (χ1v) is 6.21. The number of hydrogen-bond donors (Lipinski definition) is 0. The molecule has 0 aliphatic heterocycles. The van der Waals surface area contributed by atoms with E-state index >= 15 is 0 Å². The van der Waals surface area contributed by atoms with E-state index < -0.39 is 0 Å². The lowest BCUT2D eigenvalue weighted by atomic mass is 10.0. The zero-order chi connectivity index (χ0) is 13.1. The molecule has 0 radical (unpaired) electrons. The smallest absolute Gasteiger partial charge is 0.133 e. The summed E-state index contributed by atoms with van der Waals surface area (Å²) in [6.45, 7) is 6.71. The summed E-state index contributed by atoms with van der Waals surface area (Å²) < 4.78 is 5.62. The monoisotopic (exact) mass is 262 g/mol. The SMILES string of the molecule is CCOc1c(C)cc(-c2cc(Cl)ncn2)cc1C. The third-order valence-corrected chi connectivity index (χ3v) is 2.89. The molecule has 0 aliphatic carbocycles. The first-order chi connectivity index (χ1) is 8.61.